The van der Waals surface area contributed by atoms with Gasteiger partial charge in [0.2, 0.25) is 0 Å². The van der Waals surface area contributed by atoms with E-state index in [0.717, 1.165) is 24.5 Å². The number of nitrogens with zero attached hydrogens (tertiary/aromatic N) is 2. The van der Waals surface area contributed by atoms with Gasteiger partial charge >= 0.3 is 0 Å². The molecular weight excluding hydrogens is 228 g/mol. The predicted molar refractivity (Wildman–Crippen MR) is 59.3 cm³/mol. The maximum Gasteiger partial charge on any atom is 0.177 e. The van der Waals surface area contributed by atoms with Crippen molar-refractivity contribution >= 4 is 11.6 Å². The highest BCUT2D eigenvalue weighted by molar-refractivity contribution is 6.30. The van der Waals surface area contributed by atoms with E-state index in [0.29, 0.717) is 17.3 Å². The van der Waals surface area contributed by atoms with Gasteiger partial charge in [0, 0.05) is 13.0 Å². The standard InChI is InChI=1S/C11H11ClN2O2/c12-10-8-6-7(15)3-4-14(8)11(13-10)9-2-1-5-16-9/h1-2,5,7,15H,3-4,6H2. The molecule has 84 valence electrons. The molecule has 0 saturated carbocycles. The molecule has 2 aromatic rings. The maximum absolute atomic E-state index is 9.60. The third kappa shape index (κ3) is 1.45. The lowest BCUT2D eigenvalue weighted by atomic mass is 10.1. The third-order valence-corrected chi connectivity index (χ3v) is 3.18. The van der Waals surface area contributed by atoms with Crippen LogP contribution < -0.4 is 0 Å². The fraction of sp³-hybridized carbons (Fsp3) is 0.364. The van der Waals surface area contributed by atoms with Crippen molar-refractivity contribution < 1.29 is 9.52 Å². The average molecular weight is 239 g/mol. The first-order valence-corrected chi connectivity index (χ1v) is 5.60. The predicted octanol–water partition coefficient (Wildman–Crippen LogP) is 2.10. The molecule has 1 aliphatic heterocycles. The lowest BCUT2D eigenvalue weighted by Gasteiger charge is -2.20. The van der Waals surface area contributed by atoms with Crippen LogP contribution in [-0.4, -0.2) is 20.8 Å². The minimum Gasteiger partial charge on any atom is -0.461 e. The molecule has 3 rings (SSSR count). The largest absolute Gasteiger partial charge is 0.461 e. The van der Waals surface area contributed by atoms with E-state index in [2.05, 4.69) is 4.98 Å². The molecule has 0 radical (unpaired) electrons. The molecule has 16 heavy (non-hydrogen) atoms. The Kier molecular flexibility index (Phi) is 2.26. The molecule has 0 fully saturated rings. The second-order valence-electron chi connectivity index (χ2n) is 3.95. The maximum atomic E-state index is 9.60. The SMILES string of the molecule is OC1CCn2c(-c3ccco3)nc(Cl)c2C1. The minimum absolute atomic E-state index is 0.314. The van der Waals surface area contributed by atoms with Gasteiger partial charge in [-0.1, -0.05) is 11.6 Å². The lowest BCUT2D eigenvalue weighted by Crippen LogP contribution is -2.23. The topological polar surface area (TPSA) is 51.2 Å². The Morgan fingerprint density at radius 1 is 1.56 bits per heavy atom. The summed E-state index contributed by atoms with van der Waals surface area (Å²) in [7, 11) is 0. The van der Waals surface area contributed by atoms with E-state index in [1.54, 1.807) is 6.26 Å². The number of hydrogen-bond acceptors (Lipinski definition) is 3. The summed E-state index contributed by atoms with van der Waals surface area (Å²) < 4.78 is 7.34. The number of halogens is 1. The van der Waals surface area contributed by atoms with Gasteiger partial charge in [-0.05, 0) is 18.6 Å². The van der Waals surface area contributed by atoms with E-state index in [1.165, 1.54) is 0 Å². The Hall–Kier alpha value is -1.26. The molecule has 1 aliphatic rings. The lowest BCUT2D eigenvalue weighted by molar-refractivity contribution is 0.144. The molecule has 0 saturated heterocycles. The zero-order valence-corrected chi connectivity index (χ0v) is 9.31. The van der Waals surface area contributed by atoms with Crippen LogP contribution in [0.4, 0.5) is 0 Å². The van der Waals surface area contributed by atoms with Crippen molar-refractivity contribution in [1.29, 1.82) is 0 Å². The molecule has 2 aromatic heterocycles. The highest BCUT2D eigenvalue weighted by atomic mass is 35.5. The molecule has 1 unspecified atom stereocenters. The monoisotopic (exact) mass is 238 g/mol. The number of rotatable bonds is 1. The van der Waals surface area contributed by atoms with Crippen molar-refractivity contribution in [3.8, 4) is 11.6 Å². The van der Waals surface area contributed by atoms with Gasteiger partial charge in [0.05, 0.1) is 18.1 Å². The summed E-state index contributed by atoms with van der Waals surface area (Å²) in [4.78, 5) is 4.29. The van der Waals surface area contributed by atoms with Gasteiger partial charge < -0.3 is 14.1 Å². The van der Waals surface area contributed by atoms with Crippen molar-refractivity contribution in [3.63, 3.8) is 0 Å². The van der Waals surface area contributed by atoms with Gasteiger partial charge in [0.25, 0.3) is 0 Å². The van der Waals surface area contributed by atoms with Crippen molar-refractivity contribution in [2.75, 3.05) is 0 Å². The number of furan rings is 1. The van der Waals surface area contributed by atoms with Crippen LogP contribution in [0.25, 0.3) is 11.6 Å². The Morgan fingerprint density at radius 2 is 2.44 bits per heavy atom. The summed E-state index contributed by atoms with van der Waals surface area (Å²) in [5, 5.41) is 10.1. The Labute approximate surface area is 97.5 Å². The first-order valence-electron chi connectivity index (χ1n) is 5.22. The van der Waals surface area contributed by atoms with Gasteiger partial charge in [-0.15, -0.1) is 0 Å². The third-order valence-electron chi connectivity index (χ3n) is 2.88. The van der Waals surface area contributed by atoms with E-state index in [-0.39, 0.29) is 6.10 Å². The molecule has 3 heterocycles. The first kappa shape index (κ1) is 9.93. The average Bonchev–Trinajstić information content (AvgIpc) is 2.87. The molecule has 0 amide bonds. The van der Waals surface area contributed by atoms with Gasteiger partial charge in [-0.3, -0.25) is 0 Å². The fourth-order valence-corrected chi connectivity index (χ4v) is 2.35. The Morgan fingerprint density at radius 3 is 3.19 bits per heavy atom. The van der Waals surface area contributed by atoms with E-state index in [9.17, 15) is 5.11 Å². The Balaban J connectivity index is 2.12. The minimum atomic E-state index is -0.314. The zero-order chi connectivity index (χ0) is 11.1. The molecule has 5 heteroatoms. The summed E-state index contributed by atoms with van der Waals surface area (Å²) in [5.74, 6) is 1.46. The number of hydrogen-bond donors (Lipinski definition) is 1. The van der Waals surface area contributed by atoms with Crippen LogP contribution in [0.15, 0.2) is 22.8 Å². The van der Waals surface area contributed by atoms with Crippen LogP contribution >= 0.6 is 11.6 Å². The quantitative estimate of drug-likeness (QED) is 0.828. The van der Waals surface area contributed by atoms with Gasteiger partial charge in [0.1, 0.15) is 0 Å². The second-order valence-corrected chi connectivity index (χ2v) is 4.31. The zero-order valence-electron chi connectivity index (χ0n) is 8.56. The molecule has 0 spiro atoms. The van der Waals surface area contributed by atoms with Crippen molar-refractivity contribution in [2.45, 2.75) is 25.5 Å². The van der Waals surface area contributed by atoms with Crippen LogP contribution in [0.1, 0.15) is 12.1 Å². The van der Waals surface area contributed by atoms with Crippen LogP contribution in [0, 0.1) is 0 Å². The molecule has 4 nitrogen and oxygen atoms in total. The van der Waals surface area contributed by atoms with E-state index >= 15 is 0 Å². The van der Waals surface area contributed by atoms with E-state index in [1.807, 2.05) is 16.7 Å². The number of fused-ring (bicyclic) bond motifs is 1. The van der Waals surface area contributed by atoms with Crippen LogP contribution in [-0.2, 0) is 13.0 Å². The van der Waals surface area contributed by atoms with Crippen LogP contribution in [0.5, 0.6) is 0 Å². The molecule has 1 N–H and O–H groups in total. The van der Waals surface area contributed by atoms with Crippen LogP contribution in [0.3, 0.4) is 0 Å². The summed E-state index contributed by atoms with van der Waals surface area (Å²) in [6, 6.07) is 3.68. The van der Waals surface area contributed by atoms with Crippen molar-refractivity contribution in [3.05, 3.63) is 29.2 Å². The van der Waals surface area contributed by atoms with E-state index < -0.39 is 0 Å². The summed E-state index contributed by atoms with van der Waals surface area (Å²) in [6.07, 6.45) is 2.59. The van der Waals surface area contributed by atoms with Gasteiger partial charge in [-0.25, -0.2) is 4.98 Å². The number of imidazole rings is 1. The Bertz CT molecular complexity index is 504. The summed E-state index contributed by atoms with van der Waals surface area (Å²) >= 11 is 6.06. The highest BCUT2D eigenvalue weighted by Gasteiger charge is 2.24. The van der Waals surface area contributed by atoms with Crippen LogP contribution in [0.2, 0.25) is 5.15 Å². The fourth-order valence-electron chi connectivity index (χ4n) is 2.09. The molecule has 1 atom stereocenters. The molecule has 0 aliphatic carbocycles. The molecular formula is C11H11ClN2O2. The smallest absolute Gasteiger partial charge is 0.177 e. The number of aromatic nitrogens is 2. The number of aliphatic hydroxyl groups excluding tert-OH is 1. The van der Waals surface area contributed by atoms with E-state index in [4.69, 9.17) is 16.0 Å². The first-order chi connectivity index (χ1) is 7.75. The van der Waals surface area contributed by atoms with Crippen molar-refractivity contribution in [2.24, 2.45) is 0 Å². The number of aliphatic hydroxyl groups is 1. The van der Waals surface area contributed by atoms with Gasteiger partial charge in [0.15, 0.2) is 16.7 Å². The molecule has 0 aromatic carbocycles. The summed E-state index contributed by atoms with van der Waals surface area (Å²) in [5.41, 5.74) is 0.895. The van der Waals surface area contributed by atoms with Crippen molar-refractivity contribution in [1.82, 2.24) is 9.55 Å². The molecule has 0 bridgehead atoms. The second kappa shape index (κ2) is 3.64. The summed E-state index contributed by atoms with van der Waals surface area (Å²) in [6.45, 7) is 0.728. The highest BCUT2D eigenvalue weighted by Crippen LogP contribution is 2.30. The van der Waals surface area contributed by atoms with Gasteiger partial charge in [-0.2, -0.15) is 0 Å². The normalized spacial score (nSPS) is 19.8.